The standard InChI is InChI=1S/C18H26N4O2S/c1-5-8-22-17(24)20-21-18(22)25-9-6-7-15(23)19-16-13(3)10-12(2)11-14(16)4/h10-11H,5-9H2,1-4H3,(H,19,23)(H,20,24). The summed E-state index contributed by atoms with van der Waals surface area (Å²) < 4.78 is 1.64. The van der Waals surface area contributed by atoms with Crippen molar-refractivity contribution < 1.29 is 4.79 Å². The molecule has 1 amide bonds. The van der Waals surface area contributed by atoms with Gasteiger partial charge in [0.05, 0.1) is 0 Å². The maximum Gasteiger partial charge on any atom is 0.343 e. The Bertz CT molecular complexity index is 772. The molecule has 2 aromatic rings. The third kappa shape index (κ3) is 5.22. The number of aromatic amines is 1. The second kappa shape index (κ2) is 8.89. The summed E-state index contributed by atoms with van der Waals surface area (Å²) in [5.41, 5.74) is 4.10. The van der Waals surface area contributed by atoms with Crippen LogP contribution < -0.4 is 11.0 Å². The Hall–Kier alpha value is -2.02. The third-order valence-electron chi connectivity index (χ3n) is 3.89. The number of thioether (sulfide) groups is 1. The molecule has 7 heteroatoms. The van der Waals surface area contributed by atoms with E-state index in [9.17, 15) is 9.59 Å². The normalized spacial score (nSPS) is 10.9. The van der Waals surface area contributed by atoms with Crippen LogP contribution >= 0.6 is 11.8 Å². The van der Waals surface area contributed by atoms with E-state index in [1.54, 1.807) is 4.57 Å². The van der Waals surface area contributed by atoms with Gasteiger partial charge in [-0.05, 0) is 44.7 Å². The molecule has 136 valence electrons. The van der Waals surface area contributed by atoms with E-state index in [0.717, 1.165) is 35.4 Å². The van der Waals surface area contributed by atoms with Gasteiger partial charge in [0.25, 0.3) is 0 Å². The Labute approximate surface area is 152 Å². The molecule has 6 nitrogen and oxygen atoms in total. The summed E-state index contributed by atoms with van der Waals surface area (Å²) in [7, 11) is 0. The van der Waals surface area contributed by atoms with Crippen LogP contribution in [-0.4, -0.2) is 26.4 Å². The SMILES string of the molecule is CCCn1c(SCCCC(=O)Nc2c(C)cc(C)cc2C)n[nH]c1=O. The summed E-state index contributed by atoms with van der Waals surface area (Å²) in [4.78, 5) is 23.8. The first-order chi connectivity index (χ1) is 11.9. The lowest BCUT2D eigenvalue weighted by atomic mass is 10.0. The zero-order valence-electron chi connectivity index (χ0n) is 15.3. The highest BCUT2D eigenvalue weighted by atomic mass is 32.2. The van der Waals surface area contributed by atoms with Crippen molar-refractivity contribution in [1.82, 2.24) is 14.8 Å². The first-order valence-electron chi connectivity index (χ1n) is 8.58. The summed E-state index contributed by atoms with van der Waals surface area (Å²) >= 11 is 1.50. The van der Waals surface area contributed by atoms with Gasteiger partial charge in [0, 0.05) is 24.4 Å². The molecule has 0 fully saturated rings. The average molecular weight is 362 g/mol. The molecule has 1 heterocycles. The van der Waals surface area contributed by atoms with E-state index in [2.05, 4.69) is 34.6 Å². The number of aryl methyl sites for hydroxylation is 3. The predicted octanol–water partition coefficient (Wildman–Crippen LogP) is 3.42. The third-order valence-corrected chi connectivity index (χ3v) is 4.95. The smallest absolute Gasteiger partial charge is 0.326 e. The Morgan fingerprint density at radius 2 is 1.96 bits per heavy atom. The molecule has 2 N–H and O–H groups in total. The molecule has 0 aliphatic carbocycles. The van der Waals surface area contributed by atoms with Gasteiger partial charge in [-0.2, -0.15) is 0 Å². The van der Waals surface area contributed by atoms with Gasteiger partial charge in [0.1, 0.15) is 0 Å². The number of benzene rings is 1. The second-order valence-electron chi connectivity index (χ2n) is 6.24. The molecule has 0 spiro atoms. The predicted molar refractivity (Wildman–Crippen MR) is 102 cm³/mol. The lowest BCUT2D eigenvalue weighted by molar-refractivity contribution is -0.116. The van der Waals surface area contributed by atoms with Crippen molar-refractivity contribution in [3.05, 3.63) is 39.3 Å². The van der Waals surface area contributed by atoms with Gasteiger partial charge in [-0.3, -0.25) is 9.36 Å². The Morgan fingerprint density at radius 1 is 1.28 bits per heavy atom. The van der Waals surface area contributed by atoms with Crippen molar-refractivity contribution in [2.75, 3.05) is 11.1 Å². The van der Waals surface area contributed by atoms with Gasteiger partial charge in [-0.15, -0.1) is 5.10 Å². The van der Waals surface area contributed by atoms with Crippen molar-refractivity contribution in [2.24, 2.45) is 0 Å². The van der Waals surface area contributed by atoms with Gasteiger partial charge in [-0.1, -0.05) is 36.4 Å². The van der Waals surface area contributed by atoms with Gasteiger partial charge >= 0.3 is 5.69 Å². The topological polar surface area (TPSA) is 79.8 Å². The molecule has 0 aliphatic rings. The molecular formula is C18H26N4O2S. The number of amides is 1. The fraction of sp³-hybridized carbons (Fsp3) is 0.500. The van der Waals surface area contributed by atoms with E-state index in [1.165, 1.54) is 17.3 Å². The first-order valence-corrected chi connectivity index (χ1v) is 9.56. The van der Waals surface area contributed by atoms with Crippen molar-refractivity contribution in [1.29, 1.82) is 0 Å². The number of nitrogens with zero attached hydrogens (tertiary/aromatic N) is 2. The molecule has 0 atom stereocenters. The number of anilines is 1. The Kier molecular flexibility index (Phi) is 6.87. The minimum atomic E-state index is -0.174. The van der Waals surface area contributed by atoms with Gasteiger partial charge in [0.2, 0.25) is 5.91 Å². The molecule has 2 rings (SSSR count). The number of hydrogen-bond acceptors (Lipinski definition) is 4. The van der Waals surface area contributed by atoms with Crippen LogP contribution in [0.1, 0.15) is 42.9 Å². The first kappa shape index (κ1) is 19.3. The van der Waals surface area contributed by atoms with E-state index >= 15 is 0 Å². The number of rotatable bonds is 8. The maximum absolute atomic E-state index is 12.2. The van der Waals surface area contributed by atoms with Crippen LogP contribution in [-0.2, 0) is 11.3 Å². The fourth-order valence-electron chi connectivity index (χ4n) is 2.81. The minimum Gasteiger partial charge on any atom is -0.326 e. The summed E-state index contributed by atoms with van der Waals surface area (Å²) in [6.45, 7) is 8.75. The monoisotopic (exact) mass is 362 g/mol. The minimum absolute atomic E-state index is 0.0172. The van der Waals surface area contributed by atoms with E-state index in [-0.39, 0.29) is 11.6 Å². The van der Waals surface area contributed by atoms with Crippen molar-refractivity contribution in [2.45, 2.75) is 58.7 Å². The van der Waals surface area contributed by atoms with Crippen LogP contribution in [0.2, 0.25) is 0 Å². The fourth-order valence-corrected chi connectivity index (χ4v) is 3.72. The molecule has 0 unspecified atom stereocenters. The van der Waals surface area contributed by atoms with E-state index in [0.29, 0.717) is 18.1 Å². The number of nitrogens with one attached hydrogen (secondary N) is 2. The molecule has 0 saturated heterocycles. The maximum atomic E-state index is 12.2. The largest absolute Gasteiger partial charge is 0.343 e. The summed E-state index contributed by atoms with van der Waals surface area (Å²) in [6, 6.07) is 4.14. The molecular weight excluding hydrogens is 336 g/mol. The Balaban J connectivity index is 1.83. The number of carbonyl (C=O) groups is 1. The molecule has 25 heavy (non-hydrogen) atoms. The van der Waals surface area contributed by atoms with E-state index in [1.807, 2.05) is 20.8 Å². The molecule has 0 bridgehead atoms. The lowest BCUT2D eigenvalue weighted by Crippen LogP contribution is -2.17. The van der Waals surface area contributed by atoms with Crippen LogP contribution in [0.3, 0.4) is 0 Å². The van der Waals surface area contributed by atoms with Crippen LogP contribution in [0.4, 0.5) is 5.69 Å². The highest BCUT2D eigenvalue weighted by molar-refractivity contribution is 7.99. The molecule has 1 aromatic carbocycles. The number of hydrogen-bond donors (Lipinski definition) is 2. The summed E-state index contributed by atoms with van der Waals surface area (Å²) in [5, 5.41) is 10.2. The number of H-pyrrole nitrogens is 1. The van der Waals surface area contributed by atoms with Crippen molar-refractivity contribution in [3.63, 3.8) is 0 Å². The lowest BCUT2D eigenvalue weighted by Gasteiger charge is -2.12. The van der Waals surface area contributed by atoms with Crippen LogP contribution in [0.15, 0.2) is 22.1 Å². The van der Waals surface area contributed by atoms with Crippen LogP contribution in [0.5, 0.6) is 0 Å². The highest BCUT2D eigenvalue weighted by Gasteiger charge is 2.10. The molecule has 1 aromatic heterocycles. The van der Waals surface area contributed by atoms with Gasteiger partial charge in [0.15, 0.2) is 5.16 Å². The van der Waals surface area contributed by atoms with Crippen molar-refractivity contribution >= 4 is 23.4 Å². The van der Waals surface area contributed by atoms with Crippen molar-refractivity contribution in [3.8, 4) is 0 Å². The zero-order chi connectivity index (χ0) is 18.4. The molecule has 0 aliphatic heterocycles. The van der Waals surface area contributed by atoms with Gasteiger partial charge in [-0.25, -0.2) is 9.89 Å². The second-order valence-corrected chi connectivity index (χ2v) is 7.30. The molecule has 0 saturated carbocycles. The highest BCUT2D eigenvalue weighted by Crippen LogP contribution is 2.22. The number of aromatic nitrogens is 3. The van der Waals surface area contributed by atoms with Gasteiger partial charge < -0.3 is 5.32 Å². The van der Waals surface area contributed by atoms with Crippen LogP contribution in [0, 0.1) is 20.8 Å². The van der Waals surface area contributed by atoms with E-state index in [4.69, 9.17) is 0 Å². The zero-order valence-corrected chi connectivity index (χ0v) is 16.1. The summed E-state index contributed by atoms with van der Waals surface area (Å²) in [5.74, 6) is 0.761. The van der Waals surface area contributed by atoms with Crippen LogP contribution in [0.25, 0.3) is 0 Å². The van der Waals surface area contributed by atoms with E-state index < -0.39 is 0 Å². The summed E-state index contributed by atoms with van der Waals surface area (Å²) in [6.07, 6.45) is 2.06. The number of carbonyl (C=O) groups excluding carboxylic acids is 1. The Morgan fingerprint density at radius 3 is 2.60 bits per heavy atom. The molecule has 0 radical (unpaired) electrons. The quantitative estimate of drug-likeness (QED) is 0.557. The average Bonchev–Trinajstić information content (AvgIpc) is 2.88.